The molecular formula is C75H51N3O2. The molecular weight excluding hydrogens is 975 g/mol. The van der Waals surface area contributed by atoms with Crippen LogP contribution in [0.15, 0.2) is 282 Å². The standard InChI is InChI=1S/C75H51N3O2/c1-75(2)66-24-12-14-26-69(66)78-68-25-13-9-21-60(68)65-43-53(44-67(75)74(65)78)52-41-58(76(54-33-29-50(30-34-54)48-17-5-3-6-18-48)56-37-39-72-63(46-56)61-22-10-15-27-70(61)79-72)45-59(42-52)77(55-35-31-51(32-36-55)49-19-7-4-8-20-49)57-38-40-73-64(47-57)62-23-11-16-28-71(62)80-73/h3-47H,1-2H3. The van der Waals surface area contributed by atoms with E-state index in [-0.39, 0.29) is 5.41 Å². The van der Waals surface area contributed by atoms with E-state index in [1.54, 1.807) is 0 Å². The number of furan rings is 2. The number of hydrogen-bond donors (Lipinski definition) is 0. The van der Waals surface area contributed by atoms with E-state index < -0.39 is 0 Å². The minimum absolute atomic E-state index is 0.305. The SMILES string of the molecule is CC1(C)c2ccccc2-n2c3ccccc3c3cc(-c4cc(N(c5ccc(-c6ccccc6)cc5)c5ccc6oc7ccccc7c6c5)cc(N(c5ccc(-c6ccccc6)cc5)c5ccc6oc7ccccc7c6c5)c4)cc1c32. The molecule has 0 spiro atoms. The van der Waals surface area contributed by atoms with Gasteiger partial charge >= 0.3 is 0 Å². The molecule has 5 nitrogen and oxygen atoms in total. The molecule has 0 radical (unpaired) electrons. The fraction of sp³-hybridized carbons (Fsp3) is 0.0400. The largest absolute Gasteiger partial charge is 0.456 e. The highest BCUT2D eigenvalue weighted by molar-refractivity contribution is 6.13. The Morgan fingerprint density at radius 1 is 0.287 bits per heavy atom. The van der Waals surface area contributed by atoms with Gasteiger partial charge < -0.3 is 23.2 Å². The average molecular weight is 1030 g/mol. The molecule has 0 fully saturated rings. The maximum absolute atomic E-state index is 6.48. The Morgan fingerprint density at radius 3 is 1.29 bits per heavy atom. The van der Waals surface area contributed by atoms with E-state index >= 15 is 0 Å². The number of para-hydroxylation sites is 4. The molecule has 0 atom stereocenters. The van der Waals surface area contributed by atoms with Crippen molar-refractivity contribution in [2.45, 2.75) is 19.3 Å². The minimum atomic E-state index is -0.305. The number of fused-ring (bicyclic) bond motifs is 11. The number of benzene rings is 12. The van der Waals surface area contributed by atoms with Gasteiger partial charge in [0.15, 0.2) is 0 Å². The van der Waals surface area contributed by atoms with Gasteiger partial charge in [-0.05, 0) is 160 Å². The smallest absolute Gasteiger partial charge is 0.135 e. The highest BCUT2D eigenvalue weighted by Gasteiger charge is 2.36. The van der Waals surface area contributed by atoms with Crippen LogP contribution in [0, 0.1) is 0 Å². The van der Waals surface area contributed by atoms with Gasteiger partial charge in [0.2, 0.25) is 0 Å². The maximum Gasteiger partial charge on any atom is 0.135 e. The Morgan fingerprint density at radius 2 is 0.725 bits per heavy atom. The molecule has 16 rings (SSSR count). The Balaban J connectivity index is 0.987. The zero-order chi connectivity index (χ0) is 53.1. The molecule has 1 aliphatic rings. The Labute approximate surface area is 463 Å². The van der Waals surface area contributed by atoms with E-state index in [1.165, 1.54) is 49.7 Å². The topological polar surface area (TPSA) is 37.7 Å². The number of rotatable bonds is 9. The van der Waals surface area contributed by atoms with Crippen LogP contribution in [0.5, 0.6) is 0 Å². The van der Waals surface area contributed by atoms with Crippen molar-refractivity contribution in [1.82, 2.24) is 4.57 Å². The van der Waals surface area contributed by atoms with Crippen LogP contribution in [0.3, 0.4) is 0 Å². The molecule has 5 heteroatoms. The van der Waals surface area contributed by atoms with Crippen molar-refractivity contribution in [3.05, 3.63) is 284 Å². The molecule has 0 aliphatic carbocycles. The first-order chi connectivity index (χ1) is 39.4. The average Bonchev–Trinajstić information content (AvgIpc) is 4.34. The molecule has 0 amide bonds. The fourth-order valence-electron chi connectivity index (χ4n) is 12.8. The highest BCUT2D eigenvalue weighted by Crippen LogP contribution is 2.51. The Hall–Kier alpha value is -10.4. The summed E-state index contributed by atoms with van der Waals surface area (Å²) in [6.45, 7) is 4.78. The van der Waals surface area contributed by atoms with Crippen molar-refractivity contribution in [2.24, 2.45) is 0 Å². The predicted octanol–water partition coefficient (Wildman–Crippen LogP) is 21.2. The van der Waals surface area contributed by atoms with E-state index in [4.69, 9.17) is 8.83 Å². The lowest BCUT2D eigenvalue weighted by Crippen LogP contribution is -2.26. The van der Waals surface area contributed by atoms with Crippen molar-refractivity contribution in [2.75, 3.05) is 9.80 Å². The number of anilines is 6. The van der Waals surface area contributed by atoms with Gasteiger partial charge in [-0.15, -0.1) is 0 Å². The van der Waals surface area contributed by atoms with Crippen molar-refractivity contribution < 1.29 is 8.83 Å². The molecule has 0 N–H and O–H groups in total. The normalized spacial score (nSPS) is 12.7. The van der Waals surface area contributed by atoms with E-state index in [0.29, 0.717) is 0 Å². The lowest BCUT2D eigenvalue weighted by Gasteiger charge is -2.35. The maximum atomic E-state index is 6.48. The monoisotopic (exact) mass is 1030 g/mol. The number of nitrogens with zero attached hydrogens (tertiary/aromatic N) is 3. The van der Waals surface area contributed by atoms with Gasteiger partial charge in [-0.3, -0.25) is 0 Å². The van der Waals surface area contributed by atoms with Crippen LogP contribution < -0.4 is 9.80 Å². The van der Waals surface area contributed by atoms with E-state index in [2.05, 4.69) is 289 Å². The summed E-state index contributed by atoms with van der Waals surface area (Å²) in [5, 5.41) is 6.75. The van der Waals surface area contributed by atoms with Crippen LogP contribution in [0.1, 0.15) is 25.0 Å². The van der Waals surface area contributed by atoms with Gasteiger partial charge in [0.25, 0.3) is 0 Å². The first kappa shape index (κ1) is 45.8. The Kier molecular flexibility index (Phi) is 10.2. The first-order valence-corrected chi connectivity index (χ1v) is 27.5. The molecule has 12 aromatic carbocycles. The van der Waals surface area contributed by atoms with Crippen molar-refractivity contribution in [3.63, 3.8) is 0 Å². The van der Waals surface area contributed by atoms with Crippen LogP contribution in [-0.4, -0.2) is 4.57 Å². The second kappa shape index (κ2) is 17.8. The third-order valence-corrected chi connectivity index (χ3v) is 16.7. The summed E-state index contributed by atoms with van der Waals surface area (Å²) in [6, 6.07) is 99.1. The molecule has 378 valence electrons. The van der Waals surface area contributed by atoms with Crippen molar-refractivity contribution >= 4 is 99.8 Å². The molecule has 0 bridgehead atoms. The summed E-state index contributed by atoms with van der Waals surface area (Å²) in [6.07, 6.45) is 0. The van der Waals surface area contributed by atoms with Crippen LogP contribution in [0.2, 0.25) is 0 Å². The van der Waals surface area contributed by atoms with Gasteiger partial charge in [0.05, 0.1) is 16.7 Å². The van der Waals surface area contributed by atoms with Crippen LogP contribution in [0.25, 0.3) is 105 Å². The lowest BCUT2D eigenvalue weighted by molar-refractivity contribution is 0.630. The molecule has 0 saturated carbocycles. The summed E-state index contributed by atoms with van der Waals surface area (Å²) in [5.74, 6) is 0. The third-order valence-electron chi connectivity index (χ3n) is 16.7. The van der Waals surface area contributed by atoms with Gasteiger partial charge in [0, 0.05) is 71.9 Å². The first-order valence-electron chi connectivity index (χ1n) is 27.5. The van der Waals surface area contributed by atoms with Gasteiger partial charge in [-0.1, -0.05) is 172 Å². The van der Waals surface area contributed by atoms with E-state index in [0.717, 1.165) is 100 Å². The van der Waals surface area contributed by atoms with E-state index in [9.17, 15) is 0 Å². The van der Waals surface area contributed by atoms with E-state index in [1.807, 2.05) is 12.1 Å². The minimum Gasteiger partial charge on any atom is -0.456 e. The Bertz CT molecular complexity index is 4690. The summed E-state index contributed by atoms with van der Waals surface area (Å²) in [4.78, 5) is 4.84. The zero-order valence-corrected chi connectivity index (χ0v) is 44.1. The summed E-state index contributed by atoms with van der Waals surface area (Å²) >= 11 is 0. The number of hydrogen-bond acceptors (Lipinski definition) is 4. The zero-order valence-electron chi connectivity index (χ0n) is 44.1. The third kappa shape index (κ3) is 7.24. The molecule has 3 aromatic heterocycles. The fourth-order valence-corrected chi connectivity index (χ4v) is 12.8. The quantitative estimate of drug-likeness (QED) is 0.144. The van der Waals surface area contributed by atoms with Crippen molar-refractivity contribution in [1.29, 1.82) is 0 Å². The van der Waals surface area contributed by atoms with Gasteiger partial charge in [-0.2, -0.15) is 0 Å². The summed E-state index contributed by atoms with van der Waals surface area (Å²) in [5.41, 5.74) is 22.4. The number of aromatic nitrogens is 1. The van der Waals surface area contributed by atoms with Crippen molar-refractivity contribution in [3.8, 4) is 39.1 Å². The molecule has 1 aliphatic heterocycles. The second-order valence-corrected chi connectivity index (χ2v) is 21.7. The summed E-state index contributed by atoms with van der Waals surface area (Å²) < 4.78 is 15.5. The second-order valence-electron chi connectivity index (χ2n) is 21.7. The predicted molar refractivity (Wildman–Crippen MR) is 333 cm³/mol. The molecule has 4 heterocycles. The van der Waals surface area contributed by atoms with Crippen LogP contribution in [0.4, 0.5) is 34.1 Å². The van der Waals surface area contributed by atoms with Gasteiger partial charge in [0.1, 0.15) is 22.3 Å². The van der Waals surface area contributed by atoms with Gasteiger partial charge in [-0.25, -0.2) is 0 Å². The molecule has 15 aromatic rings. The lowest BCUT2D eigenvalue weighted by atomic mass is 9.74. The summed E-state index contributed by atoms with van der Waals surface area (Å²) in [7, 11) is 0. The molecule has 0 unspecified atom stereocenters. The van der Waals surface area contributed by atoms with Crippen LogP contribution in [-0.2, 0) is 5.41 Å². The molecule has 0 saturated heterocycles. The highest BCUT2D eigenvalue weighted by atomic mass is 16.3. The molecule has 80 heavy (non-hydrogen) atoms. The van der Waals surface area contributed by atoms with Crippen LogP contribution >= 0.6 is 0 Å².